The molecule has 2 heterocycles. The van der Waals surface area contributed by atoms with Gasteiger partial charge in [-0.1, -0.05) is 0 Å². The zero-order valence-electron chi connectivity index (χ0n) is 9.65. The molecule has 1 aliphatic rings. The normalized spacial score (nSPS) is 19.5. The molecule has 1 aromatic rings. The Morgan fingerprint density at radius 2 is 2.59 bits per heavy atom. The van der Waals surface area contributed by atoms with Crippen molar-refractivity contribution in [1.29, 1.82) is 0 Å². The number of carbonyl (C=O) groups is 1. The second kappa shape index (κ2) is 6.09. The molecule has 0 spiro atoms. The lowest BCUT2D eigenvalue weighted by Crippen LogP contribution is -2.31. The van der Waals surface area contributed by atoms with Crippen LogP contribution in [0, 0.1) is 0 Å². The van der Waals surface area contributed by atoms with E-state index in [2.05, 4.69) is 10.3 Å². The van der Waals surface area contributed by atoms with Crippen molar-refractivity contribution in [3.63, 3.8) is 0 Å². The van der Waals surface area contributed by atoms with Crippen LogP contribution in [-0.2, 0) is 11.2 Å². The topological polar surface area (TPSA) is 77.2 Å². The summed E-state index contributed by atoms with van der Waals surface area (Å²) >= 11 is 1.48. The predicted molar refractivity (Wildman–Crippen MR) is 66.2 cm³/mol. The van der Waals surface area contributed by atoms with Crippen LogP contribution in [0.2, 0.25) is 0 Å². The third kappa shape index (κ3) is 3.49. The van der Waals surface area contributed by atoms with E-state index in [1.807, 2.05) is 0 Å². The molecule has 1 amide bonds. The van der Waals surface area contributed by atoms with Crippen molar-refractivity contribution in [2.45, 2.75) is 25.4 Å². The first-order chi connectivity index (χ1) is 8.29. The Morgan fingerprint density at radius 3 is 3.29 bits per heavy atom. The number of hydrogen-bond donors (Lipinski definition) is 2. The van der Waals surface area contributed by atoms with Crippen LogP contribution in [0.4, 0.5) is 0 Å². The van der Waals surface area contributed by atoms with Gasteiger partial charge in [0.05, 0.1) is 11.1 Å². The van der Waals surface area contributed by atoms with Crippen LogP contribution in [0.5, 0.6) is 0 Å². The summed E-state index contributed by atoms with van der Waals surface area (Å²) in [5.41, 5.74) is 5.92. The fraction of sp³-hybridized carbons (Fsp3) is 0.636. The summed E-state index contributed by atoms with van der Waals surface area (Å²) in [6.45, 7) is 1.94. The van der Waals surface area contributed by atoms with Crippen molar-refractivity contribution in [3.8, 4) is 0 Å². The van der Waals surface area contributed by atoms with Crippen LogP contribution >= 0.6 is 11.3 Å². The number of rotatable bonds is 5. The van der Waals surface area contributed by atoms with Crippen LogP contribution in [-0.4, -0.2) is 36.7 Å². The standard InChI is InChI=1S/C11H17N3O2S/c12-4-3-10-14-9(7-17-10)11(15)13-6-8-2-1-5-16-8/h7-8H,1-6,12H2,(H,13,15). The average Bonchev–Trinajstić information content (AvgIpc) is 2.97. The summed E-state index contributed by atoms with van der Waals surface area (Å²) in [6.07, 6.45) is 3.00. The van der Waals surface area contributed by atoms with Crippen molar-refractivity contribution in [2.24, 2.45) is 5.73 Å². The van der Waals surface area contributed by atoms with Crippen LogP contribution < -0.4 is 11.1 Å². The van der Waals surface area contributed by atoms with Gasteiger partial charge < -0.3 is 15.8 Å². The van der Waals surface area contributed by atoms with E-state index >= 15 is 0 Å². The third-order valence-electron chi connectivity index (χ3n) is 2.66. The minimum atomic E-state index is -0.125. The van der Waals surface area contributed by atoms with Gasteiger partial charge in [0.2, 0.25) is 0 Å². The van der Waals surface area contributed by atoms with Crippen molar-refractivity contribution >= 4 is 17.2 Å². The number of ether oxygens (including phenoxy) is 1. The van der Waals surface area contributed by atoms with Crippen molar-refractivity contribution in [2.75, 3.05) is 19.7 Å². The number of thiazole rings is 1. The molecule has 0 bridgehead atoms. The number of amides is 1. The van der Waals surface area contributed by atoms with Gasteiger partial charge in [0, 0.05) is 25.0 Å². The maximum absolute atomic E-state index is 11.8. The maximum Gasteiger partial charge on any atom is 0.270 e. The van der Waals surface area contributed by atoms with Crippen LogP contribution in [0.15, 0.2) is 5.38 Å². The van der Waals surface area contributed by atoms with E-state index in [-0.39, 0.29) is 12.0 Å². The Hall–Kier alpha value is -0.980. The van der Waals surface area contributed by atoms with Gasteiger partial charge in [-0.25, -0.2) is 4.98 Å². The Bertz CT molecular complexity index is 375. The monoisotopic (exact) mass is 255 g/mol. The first kappa shape index (κ1) is 12.5. The molecule has 6 heteroatoms. The lowest BCUT2D eigenvalue weighted by atomic mass is 10.2. The van der Waals surface area contributed by atoms with Crippen molar-refractivity contribution in [1.82, 2.24) is 10.3 Å². The number of carbonyl (C=O) groups excluding carboxylic acids is 1. The van der Waals surface area contributed by atoms with E-state index in [0.717, 1.165) is 30.9 Å². The zero-order chi connectivity index (χ0) is 12.1. The van der Waals surface area contributed by atoms with Gasteiger partial charge >= 0.3 is 0 Å². The number of nitrogens with zero attached hydrogens (tertiary/aromatic N) is 1. The van der Waals surface area contributed by atoms with E-state index in [0.29, 0.717) is 18.8 Å². The molecule has 94 valence electrons. The maximum atomic E-state index is 11.8. The second-order valence-electron chi connectivity index (χ2n) is 4.01. The van der Waals surface area contributed by atoms with Crippen molar-refractivity contribution in [3.05, 3.63) is 16.1 Å². The molecule has 3 N–H and O–H groups in total. The molecule has 17 heavy (non-hydrogen) atoms. The predicted octanol–water partition coefficient (Wildman–Crippen LogP) is 0.553. The summed E-state index contributed by atoms with van der Waals surface area (Å²) in [6, 6.07) is 0. The van der Waals surface area contributed by atoms with Gasteiger partial charge in [0.15, 0.2) is 0 Å². The molecule has 5 nitrogen and oxygen atoms in total. The molecule has 2 rings (SSSR count). The van der Waals surface area contributed by atoms with Crippen LogP contribution in [0.3, 0.4) is 0 Å². The fourth-order valence-corrected chi connectivity index (χ4v) is 2.55. The smallest absolute Gasteiger partial charge is 0.270 e. The van der Waals surface area contributed by atoms with Gasteiger partial charge in [0.1, 0.15) is 5.69 Å². The number of aromatic nitrogens is 1. The Kier molecular flexibility index (Phi) is 4.47. The second-order valence-corrected chi connectivity index (χ2v) is 4.95. The Labute approximate surface area is 104 Å². The Morgan fingerprint density at radius 1 is 1.71 bits per heavy atom. The summed E-state index contributed by atoms with van der Waals surface area (Å²) in [4.78, 5) is 16.0. The van der Waals surface area contributed by atoms with Gasteiger partial charge in [-0.3, -0.25) is 4.79 Å². The highest BCUT2D eigenvalue weighted by Gasteiger charge is 2.17. The summed E-state index contributed by atoms with van der Waals surface area (Å²) in [5, 5.41) is 5.53. The molecule has 1 saturated heterocycles. The minimum Gasteiger partial charge on any atom is -0.376 e. The third-order valence-corrected chi connectivity index (χ3v) is 3.57. The molecule has 0 aliphatic carbocycles. The molecule has 0 radical (unpaired) electrons. The lowest BCUT2D eigenvalue weighted by Gasteiger charge is -2.09. The summed E-state index contributed by atoms with van der Waals surface area (Å²) < 4.78 is 5.43. The highest BCUT2D eigenvalue weighted by Crippen LogP contribution is 2.12. The van der Waals surface area contributed by atoms with E-state index in [1.165, 1.54) is 11.3 Å². The first-order valence-corrected chi connectivity index (χ1v) is 6.72. The van der Waals surface area contributed by atoms with E-state index < -0.39 is 0 Å². The molecular formula is C11H17N3O2S. The van der Waals surface area contributed by atoms with Gasteiger partial charge in [-0.2, -0.15) is 0 Å². The van der Waals surface area contributed by atoms with Gasteiger partial charge in [-0.05, 0) is 19.4 Å². The quantitative estimate of drug-likeness (QED) is 0.805. The fourth-order valence-electron chi connectivity index (χ4n) is 1.76. The highest BCUT2D eigenvalue weighted by atomic mass is 32.1. The molecule has 0 aromatic carbocycles. The summed E-state index contributed by atoms with van der Waals surface area (Å²) in [5.74, 6) is -0.125. The van der Waals surface area contributed by atoms with E-state index in [9.17, 15) is 4.79 Å². The molecule has 1 atom stereocenters. The minimum absolute atomic E-state index is 0.125. The molecule has 1 aliphatic heterocycles. The molecule has 1 aromatic heterocycles. The SMILES string of the molecule is NCCc1nc(C(=O)NCC2CCCO2)cs1. The Balaban J connectivity index is 1.81. The summed E-state index contributed by atoms with van der Waals surface area (Å²) in [7, 11) is 0. The molecular weight excluding hydrogens is 238 g/mol. The zero-order valence-corrected chi connectivity index (χ0v) is 10.5. The first-order valence-electron chi connectivity index (χ1n) is 5.84. The number of hydrogen-bond acceptors (Lipinski definition) is 5. The number of nitrogens with two attached hydrogens (primary N) is 1. The number of nitrogens with one attached hydrogen (secondary N) is 1. The van der Waals surface area contributed by atoms with Gasteiger partial charge in [-0.15, -0.1) is 11.3 Å². The molecule has 1 fully saturated rings. The largest absolute Gasteiger partial charge is 0.376 e. The molecule has 1 unspecified atom stereocenters. The van der Waals surface area contributed by atoms with Gasteiger partial charge in [0.25, 0.3) is 5.91 Å². The molecule has 0 saturated carbocycles. The average molecular weight is 255 g/mol. The highest BCUT2D eigenvalue weighted by molar-refractivity contribution is 7.09. The van der Waals surface area contributed by atoms with Crippen molar-refractivity contribution < 1.29 is 9.53 Å². The lowest BCUT2D eigenvalue weighted by molar-refractivity contribution is 0.0854. The van der Waals surface area contributed by atoms with Crippen LogP contribution in [0.25, 0.3) is 0 Å². The van der Waals surface area contributed by atoms with Crippen LogP contribution in [0.1, 0.15) is 28.3 Å². The van der Waals surface area contributed by atoms with E-state index in [4.69, 9.17) is 10.5 Å². The van der Waals surface area contributed by atoms with E-state index in [1.54, 1.807) is 5.38 Å².